The minimum atomic E-state index is 0.00188. The summed E-state index contributed by atoms with van der Waals surface area (Å²) in [7, 11) is 0. The van der Waals surface area contributed by atoms with Crippen molar-refractivity contribution in [2.24, 2.45) is 0 Å². The lowest BCUT2D eigenvalue weighted by Crippen LogP contribution is -2.29. The first-order chi connectivity index (χ1) is 10.5. The Kier molecular flexibility index (Phi) is 5.84. The second-order valence-corrected chi connectivity index (χ2v) is 5.71. The SMILES string of the molecule is Cc1cccc(CC(=O)NCCOc2ccc(Cl)cc2C)c1. The molecule has 0 spiro atoms. The van der Waals surface area contributed by atoms with Crippen LogP contribution in [0.3, 0.4) is 0 Å². The van der Waals surface area contributed by atoms with Crippen molar-refractivity contribution in [2.75, 3.05) is 13.2 Å². The zero-order valence-corrected chi connectivity index (χ0v) is 13.6. The Morgan fingerprint density at radius 1 is 1.18 bits per heavy atom. The van der Waals surface area contributed by atoms with Crippen LogP contribution in [0.1, 0.15) is 16.7 Å². The van der Waals surface area contributed by atoms with E-state index in [2.05, 4.69) is 5.32 Å². The Morgan fingerprint density at radius 2 is 2.00 bits per heavy atom. The summed E-state index contributed by atoms with van der Waals surface area (Å²) in [5, 5.41) is 3.55. The molecule has 0 saturated carbocycles. The summed E-state index contributed by atoms with van der Waals surface area (Å²) < 4.78 is 5.64. The number of benzene rings is 2. The highest BCUT2D eigenvalue weighted by atomic mass is 35.5. The summed E-state index contributed by atoms with van der Waals surface area (Å²) in [5.41, 5.74) is 3.16. The highest BCUT2D eigenvalue weighted by Crippen LogP contribution is 2.21. The van der Waals surface area contributed by atoms with E-state index >= 15 is 0 Å². The Bertz CT molecular complexity index is 655. The van der Waals surface area contributed by atoms with Crippen molar-refractivity contribution < 1.29 is 9.53 Å². The molecular weight excluding hydrogens is 298 g/mol. The van der Waals surface area contributed by atoms with Gasteiger partial charge in [0.05, 0.1) is 13.0 Å². The van der Waals surface area contributed by atoms with Crippen LogP contribution < -0.4 is 10.1 Å². The molecule has 0 heterocycles. The average Bonchev–Trinajstić information content (AvgIpc) is 2.45. The molecule has 3 nitrogen and oxygen atoms in total. The van der Waals surface area contributed by atoms with Crippen molar-refractivity contribution in [1.82, 2.24) is 5.32 Å². The van der Waals surface area contributed by atoms with Crippen molar-refractivity contribution in [1.29, 1.82) is 0 Å². The summed E-state index contributed by atoms with van der Waals surface area (Å²) in [5.74, 6) is 0.791. The van der Waals surface area contributed by atoms with Gasteiger partial charge >= 0.3 is 0 Å². The van der Waals surface area contributed by atoms with Crippen molar-refractivity contribution in [3.8, 4) is 5.75 Å². The molecule has 0 saturated heterocycles. The lowest BCUT2D eigenvalue weighted by molar-refractivity contribution is -0.120. The van der Waals surface area contributed by atoms with E-state index in [0.717, 1.165) is 22.4 Å². The smallest absolute Gasteiger partial charge is 0.224 e. The molecule has 0 unspecified atom stereocenters. The minimum Gasteiger partial charge on any atom is -0.491 e. The fraction of sp³-hybridized carbons (Fsp3) is 0.278. The van der Waals surface area contributed by atoms with E-state index < -0.39 is 0 Å². The first kappa shape index (κ1) is 16.4. The van der Waals surface area contributed by atoms with Gasteiger partial charge in [0.25, 0.3) is 0 Å². The molecule has 1 amide bonds. The summed E-state index contributed by atoms with van der Waals surface area (Å²) in [6.45, 7) is 4.87. The minimum absolute atomic E-state index is 0.00188. The Labute approximate surface area is 136 Å². The predicted molar refractivity (Wildman–Crippen MR) is 89.6 cm³/mol. The van der Waals surface area contributed by atoms with Crippen molar-refractivity contribution in [3.63, 3.8) is 0 Å². The molecule has 0 radical (unpaired) electrons. The molecule has 0 aliphatic rings. The van der Waals surface area contributed by atoms with E-state index in [9.17, 15) is 4.79 Å². The monoisotopic (exact) mass is 317 g/mol. The largest absolute Gasteiger partial charge is 0.491 e. The van der Waals surface area contributed by atoms with Crippen LogP contribution in [0.25, 0.3) is 0 Å². The molecule has 2 rings (SSSR count). The molecule has 0 fully saturated rings. The molecule has 116 valence electrons. The van der Waals surface area contributed by atoms with Gasteiger partial charge in [-0.25, -0.2) is 0 Å². The summed E-state index contributed by atoms with van der Waals surface area (Å²) in [6.07, 6.45) is 0.391. The zero-order chi connectivity index (χ0) is 15.9. The quantitative estimate of drug-likeness (QED) is 0.825. The lowest BCUT2D eigenvalue weighted by Gasteiger charge is -2.10. The first-order valence-corrected chi connectivity index (χ1v) is 7.63. The van der Waals surface area contributed by atoms with E-state index in [0.29, 0.717) is 24.6 Å². The maximum absolute atomic E-state index is 11.9. The molecule has 0 atom stereocenters. The van der Waals surface area contributed by atoms with Crippen molar-refractivity contribution in [3.05, 3.63) is 64.2 Å². The number of carbonyl (C=O) groups excluding carboxylic acids is 1. The molecule has 2 aromatic carbocycles. The second kappa shape index (κ2) is 7.85. The van der Waals surface area contributed by atoms with E-state index in [1.807, 2.05) is 50.2 Å². The number of amides is 1. The summed E-state index contributed by atoms with van der Waals surface area (Å²) >= 11 is 5.90. The van der Waals surface area contributed by atoms with Gasteiger partial charge < -0.3 is 10.1 Å². The predicted octanol–water partition coefficient (Wildman–Crippen LogP) is 3.69. The van der Waals surface area contributed by atoms with Crippen LogP contribution in [0.2, 0.25) is 5.02 Å². The van der Waals surface area contributed by atoms with E-state index in [-0.39, 0.29) is 5.91 Å². The van der Waals surface area contributed by atoms with Crippen LogP contribution in [-0.2, 0) is 11.2 Å². The van der Waals surface area contributed by atoms with Crippen LogP contribution in [0.15, 0.2) is 42.5 Å². The van der Waals surface area contributed by atoms with Gasteiger partial charge in [-0.1, -0.05) is 41.4 Å². The highest BCUT2D eigenvalue weighted by molar-refractivity contribution is 6.30. The van der Waals surface area contributed by atoms with Crippen LogP contribution in [-0.4, -0.2) is 19.1 Å². The second-order valence-electron chi connectivity index (χ2n) is 5.27. The Balaban J connectivity index is 1.73. The van der Waals surface area contributed by atoms with E-state index in [1.54, 1.807) is 6.07 Å². The van der Waals surface area contributed by atoms with Gasteiger partial charge in [-0.15, -0.1) is 0 Å². The highest BCUT2D eigenvalue weighted by Gasteiger charge is 2.04. The number of nitrogens with one attached hydrogen (secondary N) is 1. The molecule has 0 bridgehead atoms. The van der Waals surface area contributed by atoms with Crippen LogP contribution >= 0.6 is 11.6 Å². The van der Waals surface area contributed by atoms with Crippen LogP contribution in [0.5, 0.6) is 5.75 Å². The van der Waals surface area contributed by atoms with Gasteiger partial charge in [0.1, 0.15) is 12.4 Å². The van der Waals surface area contributed by atoms with Gasteiger partial charge in [-0.3, -0.25) is 4.79 Å². The van der Waals surface area contributed by atoms with Crippen LogP contribution in [0, 0.1) is 13.8 Å². The topological polar surface area (TPSA) is 38.3 Å². The molecule has 0 aliphatic heterocycles. The van der Waals surface area contributed by atoms with Gasteiger partial charge in [-0.2, -0.15) is 0 Å². The average molecular weight is 318 g/mol. The van der Waals surface area contributed by atoms with Gasteiger partial charge in [0.2, 0.25) is 5.91 Å². The number of carbonyl (C=O) groups is 1. The number of aryl methyl sites for hydroxylation is 2. The number of hydrogen-bond donors (Lipinski definition) is 1. The third-order valence-corrected chi connectivity index (χ3v) is 3.50. The number of rotatable bonds is 6. The maximum Gasteiger partial charge on any atom is 0.224 e. The standard InChI is InChI=1S/C18H20ClNO2/c1-13-4-3-5-15(10-13)12-18(21)20-8-9-22-17-7-6-16(19)11-14(17)2/h3-7,10-11H,8-9,12H2,1-2H3,(H,20,21). The number of hydrogen-bond acceptors (Lipinski definition) is 2. The van der Waals surface area contributed by atoms with Crippen LogP contribution in [0.4, 0.5) is 0 Å². The first-order valence-electron chi connectivity index (χ1n) is 7.26. The van der Waals surface area contributed by atoms with E-state index in [4.69, 9.17) is 16.3 Å². The van der Waals surface area contributed by atoms with Crippen molar-refractivity contribution >= 4 is 17.5 Å². The van der Waals surface area contributed by atoms with Gasteiger partial charge in [0, 0.05) is 5.02 Å². The molecule has 0 aliphatic carbocycles. The fourth-order valence-electron chi connectivity index (χ4n) is 2.20. The molecule has 0 aromatic heterocycles. The van der Waals surface area contributed by atoms with Crippen molar-refractivity contribution in [2.45, 2.75) is 20.3 Å². The zero-order valence-electron chi connectivity index (χ0n) is 12.9. The molecular formula is C18H20ClNO2. The third-order valence-electron chi connectivity index (χ3n) is 3.27. The molecule has 1 N–H and O–H groups in total. The van der Waals surface area contributed by atoms with Gasteiger partial charge in [-0.05, 0) is 43.2 Å². The lowest BCUT2D eigenvalue weighted by atomic mass is 10.1. The number of ether oxygens (including phenoxy) is 1. The Morgan fingerprint density at radius 3 is 2.73 bits per heavy atom. The Hall–Kier alpha value is -2.00. The molecule has 22 heavy (non-hydrogen) atoms. The fourth-order valence-corrected chi connectivity index (χ4v) is 2.42. The van der Waals surface area contributed by atoms with Gasteiger partial charge in [0.15, 0.2) is 0 Å². The summed E-state index contributed by atoms with van der Waals surface area (Å²) in [6, 6.07) is 13.4. The summed E-state index contributed by atoms with van der Waals surface area (Å²) in [4.78, 5) is 11.9. The molecule has 4 heteroatoms. The normalized spacial score (nSPS) is 10.3. The molecule has 2 aromatic rings. The maximum atomic E-state index is 11.9. The number of halogens is 1. The third kappa shape index (κ3) is 5.08. The van der Waals surface area contributed by atoms with E-state index in [1.165, 1.54) is 0 Å².